The van der Waals surface area contributed by atoms with Gasteiger partial charge in [-0.15, -0.1) is 0 Å². The number of alkyl halides is 9. The minimum Gasteiger partial charge on any atom is -0.444 e. The Morgan fingerprint density at radius 3 is 1.39 bits per heavy atom. The second-order valence-electron chi connectivity index (χ2n) is 14.6. The van der Waals surface area contributed by atoms with Gasteiger partial charge in [0.1, 0.15) is 5.60 Å². The molecule has 4 aromatic rings. The number of aromatic nitrogens is 1. The van der Waals surface area contributed by atoms with Gasteiger partial charge in [-0.2, -0.15) is 39.5 Å². The molecular weight excluding hydrogens is 767 g/mol. The number of hydrogen-bond donors (Lipinski definition) is 1. The van der Waals surface area contributed by atoms with Crippen LogP contribution in [0.2, 0.25) is 0 Å². The van der Waals surface area contributed by atoms with E-state index in [1.165, 1.54) is 35.2 Å². The molecule has 0 fully saturated rings. The fourth-order valence-corrected chi connectivity index (χ4v) is 6.00. The first-order valence-corrected chi connectivity index (χ1v) is 18.1. The number of nitrogens with zero attached hydrogens (tertiary/aromatic N) is 4. The number of pyridine rings is 1. The number of carbonyl (C=O) groups is 1. The highest BCUT2D eigenvalue weighted by Gasteiger charge is 2.32. The molecule has 0 aliphatic carbocycles. The summed E-state index contributed by atoms with van der Waals surface area (Å²) in [7, 11) is 0. The van der Waals surface area contributed by atoms with E-state index in [0.717, 1.165) is 36.4 Å². The molecule has 0 bridgehead atoms. The monoisotopic (exact) mass is 812 g/mol. The van der Waals surface area contributed by atoms with Crippen molar-refractivity contribution in [2.24, 2.45) is 0 Å². The molecule has 0 saturated carbocycles. The maximum Gasteiger partial charge on any atom is 0.416 e. The Morgan fingerprint density at radius 1 is 0.579 bits per heavy atom. The van der Waals surface area contributed by atoms with Gasteiger partial charge in [-0.05, 0) is 74.2 Å². The number of rotatable bonds is 16. The predicted octanol–water partition coefficient (Wildman–Crippen LogP) is 9.96. The third kappa shape index (κ3) is 15.0. The highest BCUT2D eigenvalue weighted by molar-refractivity contribution is 5.68. The van der Waals surface area contributed by atoms with E-state index < -0.39 is 46.9 Å². The van der Waals surface area contributed by atoms with Crippen molar-refractivity contribution in [3.8, 4) is 0 Å². The Labute approximate surface area is 325 Å². The third-order valence-corrected chi connectivity index (χ3v) is 8.54. The summed E-state index contributed by atoms with van der Waals surface area (Å²) in [6, 6.07) is 19.2. The topological polar surface area (TPSA) is 69.1 Å². The van der Waals surface area contributed by atoms with Gasteiger partial charge >= 0.3 is 24.6 Å². The van der Waals surface area contributed by atoms with Gasteiger partial charge in [-0.3, -0.25) is 14.8 Å². The van der Waals surface area contributed by atoms with E-state index in [2.05, 4.69) is 0 Å². The molecule has 0 aliphatic heterocycles. The summed E-state index contributed by atoms with van der Waals surface area (Å²) < 4.78 is 128. The summed E-state index contributed by atoms with van der Waals surface area (Å²) in [5.41, 5.74) is -1.60. The molecule has 310 valence electrons. The summed E-state index contributed by atoms with van der Waals surface area (Å²) in [5, 5.41) is 9.45. The molecule has 0 radical (unpaired) electrons. The Kier molecular flexibility index (Phi) is 15.2. The lowest BCUT2D eigenvalue weighted by molar-refractivity contribution is -0.138. The molecule has 1 heterocycles. The SMILES string of the molecule is CC(C)(C)OC(=O)N(CCCO)CCN(Cc1cccc(C(F)(F)F)c1)Cc1cccc(CN(Cc2cccc(C(F)(F)F)c2)Cc2cccc(C(F)(F)F)c2)n1. The van der Waals surface area contributed by atoms with Crippen molar-refractivity contribution in [3.05, 3.63) is 136 Å². The van der Waals surface area contributed by atoms with Crippen LogP contribution in [0, 0.1) is 0 Å². The van der Waals surface area contributed by atoms with Crippen LogP contribution in [0.5, 0.6) is 0 Å². The zero-order valence-corrected chi connectivity index (χ0v) is 31.7. The first-order valence-electron chi connectivity index (χ1n) is 18.1. The number of aliphatic hydroxyl groups is 1. The standard InChI is InChI=1S/C41H45F9N4O3/c1-38(2,3)57-37(56)54(17-8-20-55)19-18-52(24-29-9-4-12-32(21-29)39(42,43)44)27-35-15-7-16-36(51-35)28-53(25-30-10-5-13-33(22-30)40(45,46)47)26-31-11-6-14-34(23-31)41(48,49)50/h4-7,9-16,21-23,55H,8,17-20,24-28H2,1-3H3. The number of ether oxygens (including phenoxy) is 1. The van der Waals surface area contributed by atoms with Crippen molar-refractivity contribution < 1.29 is 54.2 Å². The fourth-order valence-electron chi connectivity index (χ4n) is 6.00. The Balaban J connectivity index is 1.63. The van der Waals surface area contributed by atoms with Crippen LogP contribution in [-0.2, 0) is 56.0 Å². The number of carbonyl (C=O) groups excluding carboxylic acids is 1. The summed E-state index contributed by atoms with van der Waals surface area (Å²) in [4.78, 5) is 22.7. The van der Waals surface area contributed by atoms with Gasteiger partial charge in [0.2, 0.25) is 0 Å². The van der Waals surface area contributed by atoms with Crippen LogP contribution in [0.3, 0.4) is 0 Å². The fraction of sp³-hybridized carbons (Fsp3) is 0.415. The second kappa shape index (κ2) is 19.2. The van der Waals surface area contributed by atoms with Crippen molar-refractivity contribution in [3.63, 3.8) is 0 Å². The normalized spacial score (nSPS) is 12.7. The maximum absolute atomic E-state index is 13.6. The molecule has 0 aliphatic rings. The largest absolute Gasteiger partial charge is 0.444 e. The lowest BCUT2D eigenvalue weighted by Crippen LogP contribution is -2.42. The molecule has 1 amide bonds. The second-order valence-corrected chi connectivity index (χ2v) is 14.6. The van der Waals surface area contributed by atoms with Crippen molar-refractivity contribution in [2.75, 3.05) is 26.2 Å². The molecule has 4 rings (SSSR count). The summed E-state index contributed by atoms with van der Waals surface area (Å²) >= 11 is 0. The average Bonchev–Trinajstić information content (AvgIpc) is 3.10. The van der Waals surface area contributed by atoms with Crippen LogP contribution in [-0.4, -0.2) is 62.7 Å². The van der Waals surface area contributed by atoms with E-state index >= 15 is 0 Å². The number of hydrogen-bond acceptors (Lipinski definition) is 6. The molecule has 1 aromatic heterocycles. The molecule has 0 saturated heterocycles. The van der Waals surface area contributed by atoms with Gasteiger partial charge in [-0.25, -0.2) is 4.79 Å². The molecule has 1 N–H and O–H groups in total. The molecule has 0 unspecified atom stereocenters. The van der Waals surface area contributed by atoms with E-state index in [-0.39, 0.29) is 76.5 Å². The van der Waals surface area contributed by atoms with Crippen LogP contribution < -0.4 is 0 Å². The zero-order valence-electron chi connectivity index (χ0n) is 31.7. The van der Waals surface area contributed by atoms with Crippen LogP contribution in [0.25, 0.3) is 0 Å². The van der Waals surface area contributed by atoms with Crippen molar-refractivity contribution >= 4 is 6.09 Å². The van der Waals surface area contributed by atoms with Gasteiger partial charge in [0.25, 0.3) is 0 Å². The maximum atomic E-state index is 13.6. The van der Waals surface area contributed by atoms with E-state index in [1.54, 1.807) is 54.8 Å². The molecule has 3 aromatic carbocycles. The molecule has 16 heteroatoms. The highest BCUT2D eigenvalue weighted by atomic mass is 19.4. The number of amides is 1. The first-order chi connectivity index (χ1) is 26.6. The third-order valence-electron chi connectivity index (χ3n) is 8.54. The first kappa shape index (κ1) is 45.0. The van der Waals surface area contributed by atoms with Gasteiger partial charge in [0, 0.05) is 59.0 Å². The summed E-state index contributed by atoms with van der Waals surface area (Å²) in [6.45, 7) is 5.32. The smallest absolute Gasteiger partial charge is 0.416 e. The molecular formula is C41H45F9N4O3. The average molecular weight is 813 g/mol. The number of halogens is 9. The minimum absolute atomic E-state index is 0.0154. The van der Waals surface area contributed by atoms with Crippen LogP contribution in [0.15, 0.2) is 91.0 Å². The van der Waals surface area contributed by atoms with Gasteiger partial charge in [0.15, 0.2) is 0 Å². The van der Waals surface area contributed by atoms with Gasteiger partial charge in [0.05, 0.1) is 28.1 Å². The molecule has 7 nitrogen and oxygen atoms in total. The number of aliphatic hydroxyl groups excluding tert-OH is 1. The summed E-state index contributed by atoms with van der Waals surface area (Å²) in [5.74, 6) is 0. The summed E-state index contributed by atoms with van der Waals surface area (Å²) in [6.07, 6.45) is -14.2. The minimum atomic E-state index is -4.61. The predicted molar refractivity (Wildman–Crippen MR) is 195 cm³/mol. The van der Waals surface area contributed by atoms with Gasteiger partial charge in [-0.1, -0.05) is 60.7 Å². The quantitative estimate of drug-likeness (QED) is 0.114. The van der Waals surface area contributed by atoms with E-state index in [9.17, 15) is 49.4 Å². The van der Waals surface area contributed by atoms with Gasteiger partial charge < -0.3 is 14.7 Å². The van der Waals surface area contributed by atoms with Crippen LogP contribution in [0.1, 0.15) is 72.0 Å². The van der Waals surface area contributed by atoms with E-state index in [4.69, 9.17) is 9.72 Å². The number of benzene rings is 3. The lowest BCUT2D eigenvalue weighted by Gasteiger charge is -2.30. The Morgan fingerprint density at radius 2 is 0.982 bits per heavy atom. The van der Waals surface area contributed by atoms with Crippen LogP contribution >= 0.6 is 0 Å². The highest BCUT2D eigenvalue weighted by Crippen LogP contribution is 2.32. The molecule has 0 spiro atoms. The molecule has 57 heavy (non-hydrogen) atoms. The van der Waals surface area contributed by atoms with E-state index in [1.807, 2.05) is 0 Å². The van der Waals surface area contributed by atoms with Crippen molar-refractivity contribution in [2.45, 2.75) is 84.0 Å². The molecule has 0 atom stereocenters. The lowest BCUT2D eigenvalue weighted by atomic mass is 10.1. The Hall–Kier alpha value is -4.67. The van der Waals surface area contributed by atoms with Crippen molar-refractivity contribution in [1.82, 2.24) is 19.7 Å². The Bertz CT molecular complexity index is 1850. The van der Waals surface area contributed by atoms with E-state index in [0.29, 0.717) is 17.0 Å². The van der Waals surface area contributed by atoms with Crippen molar-refractivity contribution in [1.29, 1.82) is 0 Å². The zero-order chi connectivity index (χ0) is 42.0. The van der Waals surface area contributed by atoms with Crippen LogP contribution in [0.4, 0.5) is 44.3 Å².